The number of hydrogen-bond donors (Lipinski definition) is 3. The summed E-state index contributed by atoms with van der Waals surface area (Å²) in [5.74, 6) is 0.250. The third-order valence-electron chi connectivity index (χ3n) is 4.90. The molecule has 1 saturated heterocycles. The van der Waals surface area contributed by atoms with E-state index in [0.717, 1.165) is 43.3 Å². The van der Waals surface area contributed by atoms with Gasteiger partial charge in [0.1, 0.15) is 5.69 Å². The Hall–Kier alpha value is -3.27. The molecule has 0 aromatic carbocycles. The molecule has 2 aromatic rings. The molecule has 30 heavy (non-hydrogen) atoms. The van der Waals surface area contributed by atoms with Crippen LogP contribution in [0.4, 0.5) is 16.3 Å². The molecule has 0 aliphatic carbocycles. The fourth-order valence-corrected chi connectivity index (χ4v) is 3.34. The molecule has 1 aliphatic heterocycles. The maximum atomic E-state index is 11.7. The van der Waals surface area contributed by atoms with Crippen LogP contribution in [0.15, 0.2) is 24.5 Å². The van der Waals surface area contributed by atoms with Gasteiger partial charge in [-0.2, -0.15) is 0 Å². The van der Waals surface area contributed by atoms with Crippen LogP contribution in [0, 0.1) is 6.92 Å². The molecule has 0 spiro atoms. The number of amides is 3. The maximum absolute atomic E-state index is 11.7. The standard InChI is InChI=1S/C20H28N8O2/c1-4-22-20(30)26-18-12-23-15(11-24-18)13-27-7-9-28(10-8-27)17-6-5-16(19(29)21-3)25-14(17)2/h5-6,11-12H,4,7-10,13H2,1-3H3,(H,21,29)(H2,22,24,26,30). The van der Waals surface area contributed by atoms with Crippen molar-refractivity contribution in [2.45, 2.75) is 20.4 Å². The minimum atomic E-state index is -0.288. The molecule has 0 bridgehead atoms. The van der Waals surface area contributed by atoms with Crippen LogP contribution in [0.3, 0.4) is 0 Å². The number of urea groups is 1. The van der Waals surface area contributed by atoms with Gasteiger partial charge < -0.3 is 15.5 Å². The number of aromatic nitrogens is 3. The molecule has 1 aliphatic rings. The first kappa shape index (κ1) is 21.4. The number of piperazine rings is 1. The summed E-state index contributed by atoms with van der Waals surface area (Å²) in [5, 5.41) is 7.89. The summed E-state index contributed by atoms with van der Waals surface area (Å²) in [5.41, 5.74) is 3.20. The third-order valence-corrected chi connectivity index (χ3v) is 4.90. The van der Waals surface area contributed by atoms with Gasteiger partial charge in [-0.25, -0.2) is 14.8 Å². The molecule has 160 valence electrons. The van der Waals surface area contributed by atoms with Crippen LogP contribution in [-0.4, -0.2) is 71.6 Å². The smallest absolute Gasteiger partial charge is 0.320 e. The Morgan fingerprint density at radius 2 is 1.87 bits per heavy atom. The van der Waals surface area contributed by atoms with Crippen molar-refractivity contribution < 1.29 is 9.59 Å². The summed E-state index contributed by atoms with van der Waals surface area (Å²) in [7, 11) is 1.60. The predicted octanol–water partition coefficient (Wildman–Crippen LogP) is 1.00. The summed E-state index contributed by atoms with van der Waals surface area (Å²) in [6, 6.07) is 3.44. The van der Waals surface area contributed by atoms with Crippen LogP contribution in [0.2, 0.25) is 0 Å². The zero-order valence-corrected chi connectivity index (χ0v) is 17.6. The Labute approximate surface area is 176 Å². The zero-order valence-electron chi connectivity index (χ0n) is 17.6. The normalized spacial score (nSPS) is 14.3. The molecule has 10 heteroatoms. The number of aryl methyl sites for hydroxylation is 1. The van der Waals surface area contributed by atoms with Gasteiger partial charge in [0.25, 0.3) is 5.91 Å². The summed E-state index contributed by atoms with van der Waals surface area (Å²) >= 11 is 0. The number of nitrogens with one attached hydrogen (secondary N) is 3. The van der Waals surface area contributed by atoms with E-state index in [1.54, 1.807) is 25.5 Å². The van der Waals surface area contributed by atoms with Crippen LogP contribution >= 0.6 is 0 Å². The lowest BCUT2D eigenvalue weighted by Crippen LogP contribution is -2.46. The molecule has 3 amide bonds. The summed E-state index contributed by atoms with van der Waals surface area (Å²) in [6.07, 6.45) is 3.27. The van der Waals surface area contributed by atoms with Crippen LogP contribution in [-0.2, 0) is 6.54 Å². The molecule has 0 unspecified atom stereocenters. The molecule has 10 nitrogen and oxygen atoms in total. The topological polar surface area (TPSA) is 115 Å². The summed E-state index contributed by atoms with van der Waals surface area (Å²) < 4.78 is 0. The summed E-state index contributed by atoms with van der Waals surface area (Å²) in [4.78, 5) is 41.0. The van der Waals surface area contributed by atoms with Crippen molar-refractivity contribution in [2.24, 2.45) is 0 Å². The van der Waals surface area contributed by atoms with Crippen molar-refractivity contribution in [3.8, 4) is 0 Å². The second kappa shape index (κ2) is 9.97. The van der Waals surface area contributed by atoms with Crippen LogP contribution < -0.4 is 20.9 Å². The lowest BCUT2D eigenvalue weighted by molar-refractivity contribution is 0.0958. The Morgan fingerprint density at radius 1 is 1.10 bits per heavy atom. The second-order valence-electron chi connectivity index (χ2n) is 7.02. The zero-order chi connectivity index (χ0) is 21.5. The lowest BCUT2D eigenvalue weighted by atomic mass is 10.2. The molecule has 2 aromatic heterocycles. The van der Waals surface area contributed by atoms with E-state index in [0.29, 0.717) is 24.6 Å². The van der Waals surface area contributed by atoms with Crippen molar-refractivity contribution in [3.05, 3.63) is 41.6 Å². The minimum absolute atomic E-state index is 0.178. The molecule has 0 atom stereocenters. The molecule has 3 rings (SSSR count). The van der Waals surface area contributed by atoms with E-state index in [1.807, 2.05) is 19.9 Å². The highest BCUT2D eigenvalue weighted by Gasteiger charge is 2.20. The maximum Gasteiger partial charge on any atom is 0.320 e. The van der Waals surface area contributed by atoms with E-state index >= 15 is 0 Å². The fourth-order valence-electron chi connectivity index (χ4n) is 3.34. The first-order valence-corrected chi connectivity index (χ1v) is 10.0. The Kier molecular flexibility index (Phi) is 7.12. The van der Waals surface area contributed by atoms with Crippen molar-refractivity contribution in [2.75, 3.05) is 50.0 Å². The fraction of sp³-hybridized carbons (Fsp3) is 0.450. The van der Waals surface area contributed by atoms with Gasteiger partial charge in [0.2, 0.25) is 0 Å². The Morgan fingerprint density at radius 3 is 2.47 bits per heavy atom. The second-order valence-corrected chi connectivity index (χ2v) is 7.02. The Bertz CT molecular complexity index is 879. The van der Waals surface area contributed by atoms with E-state index in [4.69, 9.17) is 0 Å². The van der Waals surface area contributed by atoms with E-state index in [1.165, 1.54) is 0 Å². The monoisotopic (exact) mass is 412 g/mol. The third kappa shape index (κ3) is 5.41. The number of rotatable bonds is 6. The van der Waals surface area contributed by atoms with Gasteiger partial charge in [0.15, 0.2) is 5.82 Å². The van der Waals surface area contributed by atoms with Crippen molar-refractivity contribution in [1.82, 2.24) is 30.5 Å². The lowest BCUT2D eigenvalue weighted by Gasteiger charge is -2.36. The number of carbonyl (C=O) groups is 2. The van der Waals surface area contributed by atoms with Crippen LogP contribution in [0.25, 0.3) is 0 Å². The van der Waals surface area contributed by atoms with E-state index in [2.05, 4.69) is 40.7 Å². The molecular formula is C20H28N8O2. The average molecular weight is 412 g/mol. The summed E-state index contributed by atoms with van der Waals surface area (Å²) in [6.45, 7) is 8.55. The number of nitrogens with zero attached hydrogens (tertiary/aromatic N) is 5. The van der Waals surface area contributed by atoms with E-state index in [9.17, 15) is 9.59 Å². The molecule has 0 saturated carbocycles. The van der Waals surface area contributed by atoms with Crippen molar-refractivity contribution in [3.63, 3.8) is 0 Å². The highest BCUT2D eigenvalue weighted by Crippen LogP contribution is 2.21. The molecule has 3 heterocycles. The highest BCUT2D eigenvalue weighted by molar-refractivity contribution is 5.92. The van der Waals surface area contributed by atoms with Crippen LogP contribution in [0.5, 0.6) is 0 Å². The first-order chi connectivity index (χ1) is 14.5. The van der Waals surface area contributed by atoms with Gasteiger partial charge in [-0.05, 0) is 26.0 Å². The molecule has 0 radical (unpaired) electrons. The van der Waals surface area contributed by atoms with Crippen LogP contribution in [0.1, 0.15) is 28.8 Å². The molecule has 1 fully saturated rings. The number of anilines is 2. The number of hydrogen-bond acceptors (Lipinski definition) is 7. The SMILES string of the molecule is CCNC(=O)Nc1cnc(CN2CCN(c3ccc(C(=O)NC)nc3C)CC2)cn1. The largest absolute Gasteiger partial charge is 0.368 e. The van der Waals surface area contributed by atoms with Gasteiger partial charge in [-0.3, -0.25) is 20.0 Å². The van der Waals surface area contributed by atoms with Crippen molar-refractivity contribution >= 4 is 23.4 Å². The quantitative estimate of drug-likeness (QED) is 0.648. The molecular weight excluding hydrogens is 384 g/mol. The highest BCUT2D eigenvalue weighted by atomic mass is 16.2. The minimum Gasteiger partial charge on any atom is -0.368 e. The van der Waals surface area contributed by atoms with Crippen molar-refractivity contribution in [1.29, 1.82) is 0 Å². The average Bonchev–Trinajstić information content (AvgIpc) is 2.75. The van der Waals surface area contributed by atoms with Gasteiger partial charge in [-0.1, -0.05) is 0 Å². The van der Waals surface area contributed by atoms with Gasteiger partial charge in [0.05, 0.1) is 29.5 Å². The van der Waals surface area contributed by atoms with Gasteiger partial charge in [0, 0.05) is 46.3 Å². The number of carbonyl (C=O) groups excluding carboxylic acids is 2. The predicted molar refractivity (Wildman–Crippen MR) is 115 cm³/mol. The van der Waals surface area contributed by atoms with Gasteiger partial charge >= 0.3 is 6.03 Å². The Balaban J connectivity index is 1.52. The van der Waals surface area contributed by atoms with E-state index in [-0.39, 0.29) is 11.9 Å². The molecule has 3 N–H and O–H groups in total. The number of pyridine rings is 1. The first-order valence-electron chi connectivity index (χ1n) is 10.0. The van der Waals surface area contributed by atoms with E-state index < -0.39 is 0 Å². The van der Waals surface area contributed by atoms with Gasteiger partial charge in [-0.15, -0.1) is 0 Å².